The van der Waals surface area contributed by atoms with Gasteiger partial charge in [0.2, 0.25) is 10.0 Å². The van der Waals surface area contributed by atoms with Crippen LogP contribution in [0.15, 0.2) is 58.0 Å². The van der Waals surface area contributed by atoms with Crippen molar-refractivity contribution in [1.29, 1.82) is 0 Å². The summed E-state index contributed by atoms with van der Waals surface area (Å²) in [7, 11) is -3.92. The Balaban J connectivity index is 2.04. The first-order chi connectivity index (χ1) is 12.8. The van der Waals surface area contributed by atoms with Gasteiger partial charge < -0.3 is 9.72 Å². The zero-order valence-electron chi connectivity index (χ0n) is 14.8. The molecular weight excluding hydrogens is 432 g/mol. The molecular formula is C19H19BrN2O4S. The van der Waals surface area contributed by atoms with Crippen LogP contribution in [-0.4, -0.2) is 26.0 Å². The molecule has 0 bridgehead atoms. The molecule has 1 heterocycles. The summed E-state index contributed by atoms with van der Waals surface area (Å²) >= 11 is 3.40. The summed E-state index contributed by atoms with van der Waals surface area (Å²) < 4.78 is 34.1. The maximum Gasteiger partial charge on any atom is 0.328 e. The Kier molecular flexibility index (Phi) is 5.69. The van der Waals surface area contributed by atoms with Crippen molar-refractivity contribution in [3.05, 3.63) is 64.3 Å². The number of sulfonamides is 1. The summed E-state index contributed by atoms with van der Waals surface area (Å²) in [6.07, 6.45) is 1.62. The second-order valence-corrected chi connectivity index (χ2v) is 8.68. The maximum absolute atomic E-state index is 12.8. The Hall–Kier alpha value is -2.16. The molecule has 1 unspecified atom stereocenters. The summed E-state index contributed by atoms with van der Waals surface area (Å²) in [4.78, 5) is 15.7. The van der Waals surface area contributed by atoms with E-state index in [1.807, 2.05) is 25.1 Å². The largest absolute Gasteiger partial charge is 0.465 e. The highest BCUT2D eigenvalue weighted by Crippen LogP contribution is 2.29. The summed E-state index contributed by atoms with van der Waals surface area (Å²) in [6.45, 7) is 3.69. The first-order valence-electron chi connectivity index (χ1n) is 8.34. The number of carbonyl (C=O) groups is 1. The second kappa shape index (κ2) is 7.84. The van der Waals surface area contributed by atoms with Gasteiger partial charge in [0.05, 0.1) is 11.5 Å². The van der Waals surface area contributed by atoms with Crippen LogP contribution in [0.5, 0.6) is 0 Å². The minimum atomic E-state index is -3.92. The van der Waals surface area contributed by atoms with Gasteiger partial charge in [-0.3, -0.25) is 0 Å². The lowest BCUT2D eigenvalue weighted by Crippen LogP contribution is -2.35. The molecule has 8 heteroatoms. The maximum atomic E-state index is 12.8. The van der Waals surface area contributed by atoms with Gasteiger partial charge in [-0.25, -0.2) is 13.2 Å². The van der Waals surface area contributed by atoms with Crippen LogP contribution >= 0.6 is 15.9 Å². The van der Waals surface area contributed by atoms with E-state index in [-0.39, 0.29) is 11.5 Å². The molecule has 0 spiro atoms. The zero-order valence-corrected chi connectivity index (χ0v) is 17.2. The molecule has 6 nitrogen and oxygen atoms in total. The molecule has 0 fully saturated rings. The third-order valence-electron chi connectivity index (χ3n) is 4.11. The van der Waals surface area contributed by atoms with E-state index in [0.717, 1.165) is 20.9 Å². The summed E-state index contributed by atoms with van der Waals surface area (Å²) in [6, 6.07) is 10.8. The predicted octanol–water partition coefficient (Wildman–Crippen LogP) is 3.82. The number of aromatic nitrogens is 1. The van der Waals surface area contributed by atoms with Crippen molar-refractivity contribution >= 4 is 42.8 Å². The molecule has 27 heavy (non-hydrogen) atoms. The van der Waals surface area contributed by atoms with Crippen molar-refractivity contribution in [2.45, 2.75) is 24.8 Å². The lowest BCUT2D eigenvalue weighted by molar-refractivity contribution is -0.145. The fraction of sp³-hybridized carbons (Fsp3) is 0.211. The van der Waals surface area contributed by atoms with Gasteiger partial charge in [-0.2, -0.15) is 4.72 Å². The van der Waals surface area contributed by atoms with Crippen LogP contribution in [-0.2, 0) is 19.6 Å². The van der Waals surface area contributed by atoms with Crippen LogP contribution in [0.2, 0.25) is 0 Å². The van der Waals surface area contributed by atoms with E-state index in [9.17, 15) is 13.2 Å². The number of benzene rings is 2. The third kappa shape index (κ3) is 4.23. The summed E-state index contributed by atoms with van der Waals surface area (Å²) in [5.74, 6) is -0.658. The van der Waals surface area contributed by atoms with Gasteiger partial charge in [0, 0.05) is 27.1 Å². The van der Waals surface area contributed by atoms with Gasteiger partial charge in [0.1, 0.15) is 6.04 Å². The molecule has 0 aliphatic heterocycles. The van der Waals surface area contributed by atoms with Gasteiger partial charge in [-0.15, -0.1) is 0 Å². The molecule has 0 aliphatic rings. The van der Waals surface area contributed by atoms with Crippen LogP contribution in [0, 0.1) is 6.92 Å². The molecule has 3 rings (SSSR count). The number of H-pyrrole nitrogens is 1. The molecule has 2 aromatic carbocycles. The number of nitrogens with one attached hydrogen (secondary N) is 2. The first kappa shape index (κ1) is 19.6. The van der Waals surface area contributed by atoms with E-state index >= 15 is 0 Å². The Morgan fingerprint density at radius 1 is 1.22 bits per heavy atom. The first-order valence-corrected chi connectivity index (χ1v) is 10.6. The summed E-state index contributed by atoms with van der Waals surface area (Å²) in [5, 5.41) is 0.731. The Morgan fingerprint density at radius 2 is 1.93 bits per heavy atom. The Labute approximate surface area is 166 Å². The van der Waals surface area contributed by atoms with E-state index < -0.39 is 22.0 Å². The highest BCUT2D eigenvalue weighted by Gasteiger charge is 2.30. The quantitative estimate of drug-likeness (QED) is 0.558. The molecule has 1 aromatic heterocycles. The van der Waals surface area contributed by atoms with Crippen molar-refractivity contribution < 1.29 is 17.9 Å². The van der Waals surface area contributed by atoms with Crippen LogP contribution in [0.3, 0.4) is 0 Å². The number of esters is 1. The second-order valence-electron chi connectivity index (χ2n) is 6.05. The minimum absolute atomic E-state index is 0.0865. The van der Waals surface area contributed by atoms with Gasteiger partial charge in [0.15, 0.2) is 0 Å². The van der Waals surface area contributed by atoms with Gasteiger partial charge in [-0.05, 0) is 44.2 Å². The van der Waals surface area contributed by atoms with Crippen molar-refractivity contribution in [2.24, 2.45) is 0 Å². The monoisotopic (exact) mass is 450 g/mol. The average molecular weight is 451 g/mol. The van der Waals surface area contributed by atoms with E-state index in [0.29, 0.717) is 5.56 Å². The topological polar surface area (TPSA) is 88.3 Å². The van der Waals surface area contributed by atoms with Gasteiger partial charge in [0.25, 0.3) is 0 Å². The molecule has 0 amide bonds. The number of fused-ring (bicyclic) bond motifs is 1. The Bertz CT molecular complexity index is 1070. The van der Waals surface area contributed by atoms with E-state index in [4.69, 9.17) is 4.74 Å². The SMILES string of the molecule is CCOC(=O)C(NS(=O)(=O)c1ccc(C)cc1)c1c[nH]c2ccc(Br)cc12. The van der Waals surface area contributed by atoms with E-state index in [2.05, 4.69) is 25.6 Å². The highest BCUT2D eigenvalue weighted by atomic mass is 79.9. The zero-order chi connectivity index (χ0) is 19.6. The molecule has 0 saturated heterocycles. The number of hydrogen-bond acceptors (Lipinski definition) is 4. The number of carbonyl (C=O) groups excluding carboxylic acids is 1. The molecule has 142 valence electrons. The molecule has 0 saturated carbocycles. The van der Waals surface area contributed by atoms with Gasteiger partial charge in [-0.1, -0.05) is 33.6 Å². The lowest BCUT2D eigenvalue weighted by Gasteiger charge is -2.17. The van der Waals surface area contributed by atoms with Crippen LogP contribution < -0.4 is 4.72 Å². The number of aromatic amines is 1. The number of halogens is 1. The number of hydrogen-bond donors (Lipinski definition) is 2. The fourth-order valence-corrected chi connectivity index (χ4v) is 4.28. The van der Waals surface area contributed by atoms with Crippen molar-refractivity contribution in [2.75, 3.05) is 6.61 Å². The van der Waals surface area contributed by atoms with E-state index in [1.54, 1.807) is 25.3 Å². The summed E-state index contributed by atoms with van der Waals surface area (Å²) in [5.41, 5.74) is 2.23. The standard InChI is InChI=1S/C19H19BrN2O4S/c1-3-26-19(23)18(16-11-21-17-9-6-13(20)10-15(16)17)22-27(24,25)14-7-4-12(2)5-8-14/h4-11,18,21-22H,3H2,1-2H3. The third-order valence-corrected chi connectivity index (χ3v) is 6.05. The molecule has 1 atom stereocenters. The van der Waals surface area contributed by atoms with E-state index in [1.165, 1.54) is 12.1 Å². The fourth-order valence-electron chi connectivity index (χ4n) is 2.76. The Morgan fingerprint density at radius 3 is 2.59 bits per heavy atom. The van der Waals surface area contributed by atoms with Crippen LogP contribution in [0.4, 0.5) is 0 Å². The van der Waals surface area contributed by atoms with Crippen molar-refractivity contribution in [1.82, 2.24) is 9.71 Å². The highest BCUT2D eigenvalue weighted by molar-refractivity contribution is 9.10. The number of rotatable bonds is 6. The van der Waals surface area contributed by atoms with Crippen LogP contribution in [0.1, 0.15) is 24.1 Å². The molecule has 0 aliphatic carbocycles. The normalized spacial score (nSPS) is 12.9. The predicted molar refractivity (Wildman–Crippen MR) is 107 cm³/mol. The molecule has 3 aromatic rings. The van der Waals surface area contributed by atoms with Gasteiger partial charge >= 0.3 is 5.97 Å². The minimum Gasteiger partial charge on any atom is -0.465 e. The van der Waals surface area contributed by atoms with Crippen molar-refractivity contribution in [3.63, 3.8) is 0 Å². The lowest BCUT2D eigenvalue weighted by atomic mass is 10.1. The molecule has 0 radical (unpaired) electrons. The van der Waals surface area contributed by atoms with Crippen molar-refractivity contribution in [3.8, 4) is 0 Å². The number of aryl methyl sites for hydroxylation is 1. The number of ether oxygens (including phenoxy) is 1. The molecule has 2 N–H and O–H groups in total. The average Bonchev–Trinajstić information content (AvgIpc) is 3.03. The smallest absolute Gasteiger partial charge is 0.328 e. The van der Waals surface area contributed by atoms with Crippen LogP contribution in [0.25, 0.3) is 10.9 Å².